The number of hydrogen-bond acceptors (Lipinski definition) is 7. The highest BCUT2D eigenvalue weighted by Crippen LogP contribution is 2.32. The maximum atomic E-state index is 11.9. The minimum Gasteiger partial charge on any atom is -0.495 e. The van der Waals surface area contributed by atoms with E-state index in [1.807, 2.05) is 60.7 Å². The molecule has 9 heteroatoms. The van der Waals surface area contributed by atoms with Crippen molar-refractivity contribution in [3.8, 4) is 17.0 Å². The van der Waals surface area contributed by atoms with E-state index in [0.29, 0.717) is 11.5 Å². The SMILES string of the molecule is COc1ccccc1Nc1cc(-c2n[nH]c3ccc(Nc4cccc(S(C)(=O)=O)c4)cc23)ccn1. The number of ether oxygens (including phenoxy) is 1. The molecule has 2 aromatic heterocycles. The Morgan fingerprint density at radius 2 is 1.71 bits per heavy atom. The molecule has 0 saturated heterocycles. The molecule has 3 N–H and O–H groups in total. The van der Waals surface area contributed by atoms with Gasteiger partial charge in [0.1, 0.15) is 17.3 Å². The van der Waals surface area contributed by atoms with Crippen molar-refractivity contribution in [2.24, 2.45) is 0 Å². The van der Waals surface area contributed by atoms with Gasteiger partial charge in [0.15, 0.2) is 9.84 Å². The van der Waals surface area contributed by atoms with Gasteiger partial charge in [-0.3, -0.25) is 5.10 Å². The summed E-state index contributed by atoms with van der Waals surface area (Å²) in [7, 11) is -1.66. The third-order valence-corrected chi connectivity index (χ3v) is 6.63. The number of H-pyrrole nitrogens is 1. The lowest BCUT2D eigenvalue weighted by atomic mass is 10.1. The number of benzene rings is 3. The number of para-hydroxylation sites is 2. The Hall–Kier alpha value is -4.37. The predicted octanol–water partition coefficient (Wildman–Crippen LogP) is 5.52. The lowest BCUT2D eigenvalue weighted by molar-refractivity contribution is 0.417. The smallest absolute Gasteiger partial charge is 0.175 e. The van der Waals surface area contributed by atoms with E-state index in [1.54, 1.807) is 31.5 Å². The molecule has 35 heavy (non-hydrogen) atoms. The van der Waals surface area contributed by atoms with Crippen LogP contribution in [0.15, 0.2) is 90.0 Å². The molecule has 0 fully saturated rings. The van der Waals surface area contributed by atoms with Crippen molar-refractivity contribution in [3.05, 3.63) is 85.1 Å². The second kappa shape index (κ2) is 9.11. The van der Waals surface area contributed by atoms with Crippen LogP contribution >= 0.6 is 0 Å². The molecule has 0 unspecified atom stereocenters. The van der Waals surface area contributed by atoms with Crippen LogP contribution in [0, 0.1) is 0 Å². The van der Waals surface area contributed by atoms with Gasteiger partial charge in [-0.1, -0.05) is 18.2 Å². The van der Waals surface area contributed by atoms with Gasteiger partial charge in [-0.15, -0.1) is 0 Å². The number of nitrogens with one attached hydrogen (secondary N) is 3. The standard InChI is InChI=1S/C26H23N5O3S/c1-34-24-9-4-3-8-23(24)29-25-14-17(12-13-27-25)26-21-16-19(10-11-22(21)30-31-26)28-18-6-5-7-20(15-18)35(2,32)33/h3-16,28H,1-2H3,(H,27,29)(H,30,31). The van der Waals surface area contributed by atoms with Crippen LogP contribution in [0.25, 0.3) is 22.2 Å². The van der Waals surface area contributed by atoms with Crippen LogP contribution < -0.4 is 15.4 Å². The van der Waals surface area contributed by atoms with Gasteiger partial charge in [0, 0.05) is 34.8 Å². The number of anilines is 4. The lowest BCUT2D eigenvalue weighted by Crippen LogP contribution is -1.98. The Bertz CT molecular complexity index is 1630. The first-order valence-corrected chi connectivity index (χ1v) is 12.7. The quantitative estimate of drug-likeness (QED) is 0.278. The highest BCUT2D eigenvalue weighted by Gasteiger charge is 2.12. The highest BCUT2D eigenvalue weighted by atomic mass is 32.2. The molecule has 0 aliphatic heterocycles. The summed E-state index contributed by atoms with van der Waals surface area (Å²) in [4.78, 5) is 4.70. The van der Waals surface area contributed by atoms with Crippen molar-refractivity contribution < 1.29 is 13.2 Å². The maximum Gasteiger partial charge on any atom is 0.175 e. The zero-order chi connectivity index (χ0) is 24.4. The Balaban J connectivity index is 1.46. The van der Waals surface area contributed by atoms with Crippen LogP contribution in [0.3, 0.4) is 0 Å². The molecule has 0 spiro atoms. The third kappa shape index (κ3) is 4.80. The second-order valence-corrected chi connectivity index (χ2v) is 10.0. The molecular formula is C26H23N5O3S. The van der Waals surface area contributed by atoms with Crippen molar-refractivity contribution >= 4 is 43.6 Å². The number of pyridine rings is 1. The summed E-state index contributed by atoms with van der Waals surface area (Å²) >= 11 is 0. The van der Waals surface area contributed by atoms with E-state index in [1.165, 1.54) is 6.26 Å². The lowest BCUT2D eigenvalue weighted by Gasteiger charge is -2.11. The van der Waals surface area contributed by atoms with Crippen molar-refractivity contribution in [3.63, 3.8) is 0 Å². The molecule has 2 heterocycles. The van der Waals surface area contributed by atoms with Gasteiger partial charge in [0.05, 0.1) is 23.2 Å². The molecule has 5 aromatic rings. The molecule has 176 valence electrons. The van der Waals surface area contributed by atoms with Gasteiger partial charge >= 0.3 is 0 Å². The van der Waals surface area contributed by atoms with Crippen LogP contribution in [0.1, 0.15) is 0 Å². The monoisotopic (exact) mass is 485 g/mol. The third-order valence-electron chi connectivity index (χ3n) is 5.52. The molecule has 5 rings (SSSR count). The second-order valence-electron chi connectivity index (χ2n) is 8.01. The Labute approximate surface area is 202 Å². The van der Waals surface area contributed by atoms with Gasteiger partial charge in [-0.05, 0) is 60.7 Å². The molecular weight excluding hydrogens is 462 g/mol. The molecule has 0 aliphatic carbocycles. The number of hydrogen-bond donors (Lipinski definition) is 3. The summed E-state index contributed by atoms with van der Waals surface area (Å²) in [5.41, 5.74) is 4.86. The van der Waals surface area contributed by atoms with E-state index in [2.05, 4.69) is 25.8 Å². The maximum absolute atomic E-state index is 11.9. The summed E-state index contributed by atoms with van der Waals surface area (Å²) in [5, 5.41) is 15.1. The molecule has 0 saturated carbocycles. The molecule has 3 aromatic carbocycles. The summed E-state index contributed by atoms with van der Waals surface area (Å²) in [6.45, 7) is 0. The van der Waals surface area contributed by atoms with Crippen LogP contribution in [0.4, 0.5) is 22.9 Å². The molecule has 0 bridgehead atoms. The normalized spacial score (nSPS) is 11.4. The molecule has 0 radical (unpaired) electrons. The van der Waals surface area contributed by atoms with Crippen molar-refractivity contribution in [2.45, 2.75) is 4.90 Å². The fraction of sp³-hybridized carbons (Fsp3) is 0.0769. The fourth-order valence-corrected chi connectivity index (χ4v) is 4.48. The topological polar surface area (TPSA) is 109 Å². The number of nitrogens with zero attached hydrogens (tertiary/aromatic N) is 2. The Morgan fingerprint density at radius 1 is 0.886 bits per heavy atom. The van der Waals surface area contributed by atoms with Crippen LogP contribution in [-0.4, -0.2) is 37.0 Å². The van der Waals surface area contributed by atoms with E-state index in [0.717, 1.165) is 39.3 Å². The van der Waals surface area contributed by atoms with Gasteiger partial charge in [0.2, 0.25) is 0 Å². The van der Waals surface area contributed by atoms with E-state index in [-0.39, 0.29) is 4.90 Å². The van der Waals surface area contributed by atoms with Crippen molar-refractivity contribution in [2.75, 3.05) is 24.0 Å². The Kier molecular flexibility index (Phi) is 5.84. The van der Waals surface area contributed by atoms with Crippen molar-refractivity contribution in [1.29, 1.82) is 0 Å². The largest absolute Gasteiger partial charge is 0.495 e. The number of methoxy groups -OCH3 is 1. The summed E-state index contributed by atoms with van der Waals surface area (Å²) in [6, 6.07) is 24.0. The minimum absolute atomic E-state index is 0.263. The molecule has 0 aliphatic rings. The van der Waals surface area contributed by atoms with Gasteiger partial charge in [0.25, 0.3) is 0 Å². The average Bonchev–Trinajstić information content (AvgIpc) is 3.28. The van der Waals surface area contributed by atoms with E-state index in [9.17, 15) is 8.42 Å². The van der Waals surface area contributed by atoms with Crippen LogP contribution in [0.2, 0.25) is 0 Å². The predicted molar refractivity (Wildman–Crippen MR) is 138 cm³/mol. The zero-order valence-electron chi connectivity index (χ0n) is 19.1. The Morgan fingerprint density at radius 3 is 2.54 bits per heavy atom. The molecule has 0 amide bonds. The summed E-state index contributed by atoms with van der Waals surface area (Å²) < 4.78 is 29.2. The van der Waals surface area contributed by atoms with Crippen LogP contribution in [0.5, 0.6) is 5.75 Å². The minimum atomic E-state index is -3.29. The van der Waals surface area contributed by atoms with Gasteiger partial charge in [-0.25, -0.2) is 13.4 Å². The summed E-state index contributed by atoms with van der Waals surface area (Å²) in [5.74, 6) is 1.38. The van der Waals surface area contributed by atoms with Crippen molar-refractivity contribution in [1.82, 2.24) is 15.2 Å². The first-order valence-electron chi connectivity index (χ1n) is 10.8. The van der Waals surface area contributed by atoms with E-state index < -0.39 is 9.84 Å². The van der Waals surface area contributed by atoms with Gasteiger partial charge < -0.3 is 15.4 Å². The first-order chi connectivity index (χ1) is 16.9. The first kappa shape index (κ1) is 22.4. The van der Waals surface area contributed by atoms with E-state index in [4.69, 9.17) is 4.74 Å². The average molecular weight is 486 g/mol. The number of aromatic nitrogens is 3. The number of rotatable bonds is 7. The number of sulfone groups is 1. The summed E-state index contributed by atoms with van der Waals surface area (Å²) in [6.07, 6.45) is 2.92. The number of aromatic amines is 1. The molecule has 0 atom stereocenters. The number of fused-ring (bicyclic) bond motifs is 1. The highest BCUT2D eigenvalue weighted by molar-refractivity contribution is 7.90. The van der Waals surface area contributed by atoms with Crippen LogP contribution in [-0.2, 0) is 9.84 Å². The zero-order valence-corrected chi connectivity index (χ0v) is 19.9. The van der Waals surface area contributed by atoms with E-state index >= 15 is 0 Å². The van der Waals surface area contributed by atoms with Gasteiger partial charge in [-0.2, -0.15) is 5.10 Å². The fourth-order valence-electron chi connectivity index (χ4n) is 3.82. The molecule has 8 nitrogen and oxygen atoms in total.